The van der Waals surface area contributed by atoms with Crippen molar-refractivity contribution < 1.29 is 13.2 Å². The maximum Gasteiger partial charge on any atom is 0.264 e. The summed E-state index contributed by atoms with van der Waals surface area (Å²) < 4.78 is 27.4. The number of hydrogen-bond acceptors (Lipinski definition) is 5. The Labute approximate surface area is 192 Å². The Kier molecular flexibility index (Phi) is 6.75. The lowest BCUT2D eigenvalue weighted by Gasteiger charge is -2.18. The molecule has 4 rings (SSSR count). The molecule has 0 spiro atoms. The molecule has 1 amide bonds. The zero-order chi connectivity index (χ0) is 23.1. The molecule has 0 atom stereocenters. The number of amides is 1. The second-order valence-corrected chi connectivity index (χ2v) is 9.01. The maximum absolute atomic E-state index is 12.8. The van der Waals surface area contributed by atoms with Crippen molar-refractivity contribution in [2.45, 2.75) is 17.2 Å². The van der Waals surface area contributed by atoms with Crippen molar-refractivity contribution in [1.29, 1.82) is 0 Å². The van der Waals surface area contributed by atoms with Gasteiger partial charge < -0.3 is 5.32 Å². The third-order valence-corrected chi connectivity index (χ3v) is 6.38. The Hall–Kier alpha value is -4.04. The van der Waals surface area contributed by atoms with E-state index in [1.54, 1.807) is 18.2 Å². The minimum Gasteiger partial charge on any atom is -0.326 e. The number of benzene rings is 3. The van der Waals surface area contributed by atoms with Crippen LogP contribution in [0.5, 0.6) is 0 Å². The molecule has 4 aromatic rings. The minimum absolute atomic E-state index is 0.0113. The molecule has 0 fully saturated rings. The van der Waals surface area contributed by atoms with E-state index < -0.39 is 10.0 Å². The van der Waals surface area contributed by atoms with Gasteiger partial charge in [-0.05, 0) is 41.5 Å². The molecule has 1 heterocycles. The third-order valence-electron chi connectivity index (χ3n) is 5.03. The molecular weight excluding hydrogens is 436 g/mol. The van der Waals surface area contributed by atoms with Crippen LogP contribution in [0.4, 0.5) is 11.6 Å². The van der Waals surface area contributed by atoms with Crippen LogP contribution in [0.2, 0.25) is 0 Å². The van der Waals surface area contributed by atoms with Gasteiger partial charge in [0.2, 0.25) is 11.9 Å². The molecule has 166 valence electrons. The van der Waals surface area contributed by atoms with Crippen molar-refractivity contribution >= 4 is 27.6 Å². The molecule has 0 saturated heterocycles. The average Bonchev–Trinajstić information content (AvgIpc) is 2.84. The van der Waals surface area contributed by atoms with Crippen molar-refractivity contribution in [2.75, 3.05) is 10.0 Å². The molecule has 0 aliphatic rings. The lowest BCUT2D eigenvalue weighted by atomic mass is 9.88. The van der Waals surface area contributed by atoms with Gasteiger partial charge in [0.15, 0.2) is 0 Å². The maximum atomic E-state index is 12.8. The predicted octanol–water partition coefficient (Wildman–Crippen LogP) is 4.44. The van der Waals surface area contributed by atoms with Crippen LogP contribution in [0.3, 0.4) is 0 Å². The first kappa shape index (κ1) is 22.2. The SMILES string of the molecule is O=C(CC(c1ccccc1)c1ccccc1)Nc1ccc(S(=O)(=O)Nc2ncccn2)cc1. The lowest BCUT2D eigenvalue weighted by Crippen LogP contribution is -2.17. The van der Waals surface area contributed by atoms with E-state index in [1.807, 2.05) is 60.7 Å². The standard InChI is InChI=1S/C25H22N4O3S/c30-24(18-23(19-8-3-1-4-9-19)20-10-5-2-6-11-20)28-21-12-14-22(15-13-21)33(31,32)29-25-26-16-7-17-27-25/h1-17,23H,18H2,(H,28,30)(H,26,27,29). The molecule has 7 nitrogen and oxygen atoms in total. The third kappa shape index (κ3) is 5.81. The van der Waals surface area contributed by atoms with E-state index in [2.05, 4.69) is 20.0 Å². The number of sulfonamides is 1. The number of carbonyl (C=O) groups excluding carboxylic acids is 1. The summed E-state index contributed by atoms with van der Waals surface area (Å²) in [5, 5.41) is 2.86. The number of nitrogens with one attached hydrogen (secondary N) is 2. The summed E-state index contributed by atoms with van der Waals surface area (Å²) in [5.41, 5.74) is 2.61. The molecule has 0 aliphatic carbocycles. The fraction of sp³-hybridized carbons (Fsp3) is 0.0800. The van der Waals surface area contributed by atoms with Gasteiger partial charge in [0.1, 0.15) is 0 Å². The fourth-order valence-electron chi connectivity index (χ4n) is 3.44. The first-order valence-corrected chi connectivity index (χ1v) is 11.8. The topological polar surface area (TPSA) is 101 Å². The Morgan fingerprint density at radius 1 is 0.758 bits per heavy atom. The number of hydrogen-bond donors (Lipinski definition) is 2. The molecule has 0 bridgehead atoms. The van der Waals surface area contributed by atoms with E-state index in [4.69, 9.17) is 0 Å². The molecule has 0 radical (unpaired) electrons. The van der Waals surface area contributed by atoms with Crippen molar-refractivity contribution in [1.82, 2.24) is 9.97 Å². The van der Waals surface area contributed by atoms with E-state index in [0.29, 0.717) is 5.69 Å². The van der Waals surface area contributed by atoms with Crippen LogP contribution < -0.4 is 10.0 Å². The van der Waals surface area contributed by atoms with Gasteiger partial charge >= 0.3 is 0 Å². The molecule has 33 heavy (non-hydrogen) atoms. The molecule has 0 saturated carbocycles. The zero-order valence-electron chi connectivity index (χ0n) is 17.6. The quantitative estimate of drug-likeness (QED) is 0.407. The van der Waals surface area contributed by atoms with Crippen LogP contribution in [0, 0.1) is 0 Å². The Balaban J connectivity index is 1.45. The fourth-order valence-corrected chi connectivity index (χ4v) is 4.40. The Morgan fingerprint density at radius 3 is 1.85 bits per heavy atom. The van der Waals surface area contributed by atoms with Crippen molar-refractivity contribution in [3.05, 3.63) is 115 Å². The molecule has 8 heteroatoms. The van der Waals surface area contributed by atoms with Gasteiger partial charge in [-0.15, -0.1) is 0 Å². The number of rotatable bonds is 8. The largest absolute Gasteiger partial charge is 0.326 e. The van der Waals surface area contributed by atoms with Crippen LogP contribution in [0.15, 0.2) is 108 Å². The number of nitrogens with zero attached hydrogens (tertiary/aromatic N) is 2. The second-order valence-electron chi connectivity index (χ2n) is 7.33. The van der Waals surface area contributed by atoms with Crippen molar-refractivity contribution in [3.8, 4) is 0 Å². The normalized spacial score (nSPS) is 11.2. The molecular formula is C25H22N4O3S. The Bertz CT molecular complexity index is 1260. The van der Waals surface area contributed by atoms with Crippen LogP contribution in [-0.2, 0) is 14.8 Å². The highest BCUT2D eigenvalue weighted by Gasteiger charge is 2.19. The van der Waals surface area contributed by atoms with Gasteiger partial charge in [0, 0.05) is 30.4 Å². The van der Waals surface area contributed by atoms with Gasteiger partial charge in [-0.3, -0.25) is 4.79 Å². The van der Waals surface area contributed by atoms with Crippen LogP contribution in [0.25, 0.3) is 0 Å². The molecule has 1 aromatic heterocycles. The summed E-state index contributed by atoms with van der Waals surface area (Å²) >= 11 is 0. The highest BCUT2D eigenvalue weighted by atomic mass is 32.2. The first-order valence-electron chi connectivity index (χ1n) is 10.3. The number of carbonyl (C=O) groups is 1. The van der Waals surface area contributed by atoms with Gasteiger partial charge in [0.25, 0.3) is 10.0 Å². The monoisotopic (exact) mass is 458 g/mol. The van der Waals surface area contributed by atoms with Crippen LogP contribution >= 0.6 is 0 Å². The van der Waals surface area contributed by atoms with Gasteiger partial charge in [-0.1, -0.05) is 60.7 Å². The van der Waals surface area contributed by atoms with Crippen LogP contribution in [-0.4, -0.2) is 24.3 Å². The summed E-state index contributed by atoms with van der Waals surface area (Å²) in [4.78, 5) is 20.6. The van der Waals surface area contributed by atoms with Crippen LogP contribution in [0.1, 0.15) is 23.5 Å². The average molecular weight is 459 g/mol. The van der Waals surface area contributed by atoms with E-state index in [0.717, 1.165) is 11.1 Å². The van der Waals surface area contributed by atoms with Crippen molar-refractivity contribution in [2.24, 2.45) is 0 Å². The summed E-state index contributed by atoms with van der Waals surface area (Å²) in [5.74, 6) is -0.274. The number of aromatic nitrogens is 2. The van der Waals surface area contributed by atoms with E-state index in [9.17, 15) is 13.2 Å². The molecule has 0 unspecified atom stereocenters. The minimum atomic E-state index is -3.84. The summed E-state index contributed by atoms with van der Waals surface area (Å²) in [6.07, 6.45) is 3.14. The smallest absolute Gasteiger partial charge is 0.264 e. The van der Waals surface area contributed by atoms with E-state index in [-0.39, 0.29) is 29.1 Å². The predicted molar refractivity (Wildman–Crippen MR) is 127 cm³/mol. The van der Waals surface area contributed by atoms with Gasteiger partial charge in [-0.2, -0.15) is 0 Å². The van der Waals surface area contributed by atoms with Gasteiger partial charge in [0.05, 0.1) is 4.90 Å². The zero-order valence-corrected chi connectivity index (χ0v) is 18.4. The van der Waals surface area contributed by atoms with Crippen molar-refractivity contribution in [3.63, 3.8) is 0 Å². The summed E-state index contributed by atoms with van der Waals surface area (Å²) in [6, 6.07) is 27.3. The highest BCUT2D eigenvalue weighted by molar-refractivity contribution is 7.92. The Morgan fingerprint density at radius 2 is 1.30 bits per heavy atom. The van der Waals surface area contributed by atoms with E-state index in [1.165, 1.54) is 24.5 Å². The van der Waals surface area contributed by atoms with Gasteiger partial charge in [-0.25, -0.2) is 23.1 Å². The summed E-state index contributed by atoms with van der Waals surface area (Å²) in [6.45, 7) is 0. The first-order chi connectivity index (χ1) is 16.0. The number of anilines is 2. The second kappa shape index (κ2) is 10.1. The molecule has 0 aliphatic heterocycles. The van der Waals surface area contributed by atoms with E-state index >= 15 is 0 Å². The highest BCUT2D eigenvalue weighted by Crippen LogP contribution is 2.28. The summed E-state index contributed by atoms with van der Waals surface area (Å²) in [7, 11) is -3.84. The molecule has 2 N–H and O–H groups in total. The molecule has 3 aromatic carbocycles. The lowest BCUT2D eigenvalue weighted by molar-refractivity contribution is -0.116.